The molecule has 0 bridgehead atoms. The third kappa shape index (κ3) is 4.84. The van der Waals surface area contributed by atoms with E-state index >= 15 is 0 Å². The largest absolute Gasteiger partial charge is 0.491 e. The topological polar surface area (TPSA) is 21.7 Å². The van der Waals surface area contributed by atoms with Gasteiger partial charge in [-0.25, -0.2) is 0 Å². The highest BCUT2D eigenvalue weighted by molar-refractivity contribution is 5.41. The molecule has 0 aliphatic heterocycles. The average Bonchev–Trinajstić information content (AvgIpc) is 3.52. The quantitative estimate of drug-likeness (QED) is 0.510. The Bertz CT molecular complexity index is 717. The van der Waals surface area contributed by atoms with E-state index in [0.29, 0.717) is 6.04 Å². The van der Waals surface area contributed by atoms with E-state index in [4.69, 9.17) is 9.57 Å². The summed E-state index contributed by atoms with van der Waals surface area (Å²) in [6, 6.07) is 17.6. The van der Waals surface area contributed by atoms with Gasteiger partial charge in [-0.05, 0) is 68.5 Å². The maximum atomic E-state index is 6.04. The summed E-state index contributed by atoms with van der Waals surface area (Å²) in [6.45, 7) is 11.8. The van der Waals surface area contributed by atoms with Gasteiger partial charge < -0.3 is 9.57 Å². The molecule has 3 heteroatoms. The van der Waals surface area contributed by atoms with Crippen LogP contribution in [0.15, 0.2) is 48.5 Å². The maximum absolute atomic E-state index is 6.04. The minimum absolute atomic E-state index is 0.0750. The Morgan fingerprint density at radius 1 is 0.926 bits per heavy atom. The molecule has 1 saturated carbocycles. The van der Waals surface area contributed by atoms with E-state index in [1.54, 1.807) is 0 Å². The zero-order valence-corrected chi connectivity index (χ0v) is 17.4. The summed E-state index contributed by atoms with van der Waals surface area (Å²) in [5.41, 5.74) is 2.48. The highest BCUT2D eigenvalue weighted by atomic mass is 16.7. The minimum atomic E-state index is -0.0750. The van der Waals surface area contributed by atoms with Crippen molar-refractivity contribution in [3.05, 3.63) is 59.7 Å². The number of nitrogens with zero attached hydrogens (tertiary/aromatic N) is 1. The van der Waals surface area contributed by atoms with Crippen molar-refractivity contribution >= 4 is 0 Å². The first-order valence-electron chi connectivity index (χ1n) is 10.3. The van der Waals surface area contributed by atoms with Gasteiger partial charge in [0.2, 0.25) is 0 Å². The van der Waals surface area contributed by atoms with Crippen molar-refractivity contribution in [2.75, 3.05) is 6.54 Å². The Morgan fingerprint density at radius 3 is 1.89 bits per heavy atom. The zero-order chi connectivity index (χ0) is 19.4. The van der Waals surface area contributed by atoms with Crippen molar-refractivity contribution in [3.63, 3.8) is 0 Å². The summed E-state index contributed by atoms with van der Waals surface area (Å²) in [5, 5.41) is 2.09. The number of hydrogen-bond donors (Lipinski definition) is 0. The third-order valence-corrected chi connectivity index (χ3v) is 5.55. The molecule has 1 aliphatic rings. The summed E-state index contributed by atoms with van der Waals surface area (Å²) >= 11 is 0. The Balaban J connectivity index is 1.70. The molecule has 0 saturated heterocycles. The van der Waals surface area contributed by atoms with Crippen molar-refractivity contribution in [3.8, 4) is 11.5 Å². The van der Waals surface area contributed by atoms with Gasteiger partial charge in [0.15, 0.2) is 0 Å². The molecule has 0 N–H and O–H groups in total. The molecule has 2 aromatic carbocycles. The van der Waals surface area contributed by atoms with Crippen molar-refractivity contribution in [2.24, 2.45) is 0 Å². The lowest BCUT2D eigenvalue weighted by molar-refractivity contribution is -0.0623. The normalized spacial score (nSPS) is 15.6. The first-order valence-corrected chi connectivity index (χ1v) is 10.3. The molecular weight excluding hydrogens is 334 g/mol. The highest BCUT2D eigenvalue weighted by Gasteiger charge is 2.30. The van der Waals surface area contributed by atoms with Gasteiger partial charge in [0, 0.05) is 18.0 Å². The monoisotopic (exact) mass is 367 g/mol. The second kappa shape index (κ2) is 8.35. The molecule has 3 rings (SSSR count). The van der Waals surface area contributed by atoms with E-state index in [2.05, 4.69) is 88.2 Å². The molecule has 0 spiro atoms. The van der Waals surface area contributed by atoms with Crippen LogP contribution in [0.1, 0.15) is 65.0 Å². The SMILES string of the molecule is CCC(C)Oc1ccc(C(C)(C)c2ccc(ON(CC)C3CC3)cc2)cc1. The molecule has 2 aromatic rings. The fourth-order valence-corrected chi connectivity index (χ4v) is 3.26. The fourth-order valence-electron chi connectivity index (χ4n) is 3.26. The Labute approximate surface area is 164 Å². The average molecular weight is 368 g/mol. The van der Waals surface area contributed by atoms with Crippen molar-refractivity contribution in [1.29, 1.82) is 0 Å². The molecule has 0 radical (unpaired) electrons. The standard InChI is InChI=1S/C24H33NO2/c1-6-18(3)26-22-14-8-19(9-15-22)24(4,5)20-10-16-23(17-11-20)27-25(7-2)21-12-13-21/h8-11,14-18,21H,6-7,12-13H2,1-5H3. The van der Waals surface area contributed by atoms with Crippen LogP contribution >= 0.6 is 0 Å². The van der Waals surface area contributed by atoms with Crippen LogP contribution in [0.25, 0.3) is 0 Å². The minimum Gasteiger partial charge on any atom is -0.491 e. The van der Waals surface area contributed by atoms with Gasteiger partial charge in [-0.3, -0.25) is 0 Å². The Morgan fingerprint density at radius 2 is 1.44 bits per heavy atom. The van der Waals surface area contributed by atoms with E-state index in [0.717, 1.165) is 24.5 Å². The van der Waals surface area contributed by atoms with E-state index in [1.807, 2.05) is 0 Å². The summed E-state index contributed by atoms with van der Waals surface area (Å²) in [5.74, 6) is 1.85. The molecule has 1 fully saturated rings. The van der Waals surface area contributed by atoms with Crippen molar-refractivity contribution < 1.29 is 9.57 Å². The molecule has 1 aliphatic carbocycles. The van der Waals surface area contributed by atoms with Crippen molar-refractivity contribution in [1.82, 2.24) is 5.06 Å². The van der Waals surface area contributed by atoms with Crippen LogP contribution in [0, 0.1) is 0 Å². The Kier molecular flexibility index (Phi) is 6.11. The maximum Gasteiger partial charge on any atom is 0.147 e. The molecule has 0 aromatic heterocycles. The van der Waals surface area contributed by atoms with Crippen LogP contribution in [-0.4, -0.2) is 23.8 Å². The molecule has 146 valence electrons. The Hall–Kier alpha value is -2.00. The number of ether oxygens (including phenoxy) is 1. The number of rotatable bonds is 9. The summed E-state index contributed by atoms with van der Waals surface area (Å²) in [4.78, 5) is 6.04. The molecule has 1 atom stereocenters. The number of hydroxylamine groups is 2. The second-order valence-corrected chi connectivity index (χ2v) is 8.07. The lowest BCUT2D eigenvalue weighted by Crippen LogP contribution is -2.29. The van der Waals surface area contributed by atoms with Crippen LogP contribution in [0.3, 0.4) is 0 Å². The predicted molar refractivity (Wildman–Crippen MR) is 111 cm³/mol. The predicted octanol–water partition coefficient (Wildman–Crippen LogP) is 5.97. The summed E-state index contributed by atoms with van der Waals surface area (Å²) in [6.07, 6.45) is 3.75. The van der Waals surface area contributed by atoms with Crippen LogP contribution < -0.4 is 9.57 Å². The summed E-state index contributed by atoms with van der Waals surface area (Å²) in [7, 11) is 0. The number of benzene rings is 2. The molecule has 1 unspecified atom stereocenters. The van der Waals surface area contributed by atoms with Gasteiger partial charge in [-0.2, -0.15) is 0 Å². The van der Waals surface area contributed by atoms with Gasteiger partial charge in [0.05, 0.1) is 6.10 Å². The zero-order valence-electron chi connectivity index (χ0n) is 17.4. The molecule has 0 heterocycles. The van der Waals surface area contributed by atoms with Crippen LogP contribution in [-0.2, 0) is 5.41 Å². The smallest absolute Gasteiger partial charge is 0.147 e. The highest BCUT2D eigenvalue weighted by Crippen LogP contribution is 2.34. The molecule has 3 nitrogen and oxygen atoms in total. The van der Waals surface area contributed by atoms with Gasteiger partial charge in [-0.1, -0.05) is 45.0 Å². The van der Waals surface area contributed by atoms with E-state index in [-0.39, 0.29) is 11.5 Å². The van der Waals surface area contributed by atoms with Crippen LogP contribution in [0.2, 0.25) is 0 Å². The fraction of sp³-hybridized carbons (Fsp3) is 0.500. The number of hydrogen-bond acceptors (Lipinski definition) is 3. The summed E-state index contributed by atoms with van der Waals surface area (Å²) < 4.78 is 5.90. The van der Waals surface area contributed by atoms with Crippen molar-refractivity contribution in [2.45, 2.75) is 71.4 Å². The lowest BCUT2D eigenvalue weighted by Gasteiger charge is -2.27. The van der Waals surface area contributed by atoms with Gasteiger partial charge in [0.25, 0.3) is 0 Å². The van der Waals surface area contributed by atoms with Gasteiger partial charge in [-0.15, -0.1) is 5.06 Å². The van der Waals surface area contributed by atoms with E-state index in [1.165, 1.54) is 24.0 Å². The first-order chi connectivity index (χ1) is 12.9. The van der Waals surface area contributed by atoms with Crippen LogP contribution in [0.4, 0.5) is 0 Å². The van der Waals surface area contributed by atoms with E-state index in [9.17, 15) is 0 Å². The molecule has 27 heavy (non-hydrogen) atoms. The third-order valence-electron chi connectivity index (χ3n) is 5.55. The molecule has 0 amide bonds. The first kappa shape index (κ1) is 19.8. The molecular formula is C24H33NO2. The van der Waals surface area contributed by atoms with Gasteiger partial charge >= 0.3 is 0 Å². The van der Waals surface area contributed by atoms with Gasteiger partial charge in [0.1, 0.15) is 11.5 Å². The lowest BCUT2D eigenvalue weighted by atomic mass is 9.78. The van der Waals surface area contributed by atoms with Crippen LogP contribution in [0.5, 0.6) is 11.5 Å². The van der Waals surface area contributed by atoms with E-state index < -0.39 is 0 Å². The second-order valence-electron chi connectivity index (χ2n) is 8.07.